The third-order valence-electron chi connectivity index (χ3n) is 1.71. The van der Waals surface area contributed by atoms with Crippen molar-refractivity contribution < 1.29 is 9.90 Å². The molecule has 2 nitrogen and oxygen atoms in total. The average molecular weight is 185 g/mol. The molecule has 1 aromatic carbocycles. The van der Waals surface area contributed by atoms with Gasteiger partial charge < -0.3 is 5.11 Å². The summed E-state index contributed by atoms with van der Waals surface area (Å²) >= 11 is 5.35. The van der Waals surface area contributed by atoms with Crippen LogP contribution in [0.2, 0.25) is 0 Å². The molecular formula is C9H9ClO2. The first kappa shape index (κ1) is 9.07. The summed E-state index contributed by atoms with van der Waals surface area (Å²) in [4.78, 5) is 10.9. The Morgan fingerprint density at radius 2 is 1.75 bits per heavy atom. The van der Waals surface area contributed by atoms with Crippen LogP contribution in [0.5, 0.6) is 5.75 Å². The van der Waals surface area contributed by atoms with Gasteiger partial charge in [-0.25, -0.2) is 0 Å². The molecule has 0 amide bonds. The number of halogens is 1. The molecule has 12 heavy (non-hydrogen) atoms. The highest BCUT2D eigenvalue weighted by Crippen LogP contribution is 2.21. The van der Waals surface area contributed by atoms with E-state index in [1.807, 2.05) is 0 Å². The van der Waals surface area contributed by atoms with Gasteiger partial charge in [0.2, 0.25) is 0 Å². The summed E-state index contributed by atoms with van der Waals surface area (Å²) < 4.78 is 0. The number of carbonyl (C=O) groups excluding carboxylic acids is 1. The second-order valence-electron chi connectivity index (χ2n) is 2.73. The first-order valence-electron chi connectivity index (χ1n) is 3.52. The number of benzene rings is 1. The van der Waals surface area contributed by atoms with E-state index >= 15 is 0 Å². The molecule has 0 spiro atoms. The number of hydrogen-bond acceptors (Lipinski definition) is 2. The van der Waals surface area contributed by atoms with Gasteiger partial charge in [-0.15, -0.1) is 0 Å². The second-order valence-corrected chi connectivity index (χ2v) is 3.07. The van der Waals surface area contributed by atoms with Crippen LogP contribution in [0.4, 0.5) is 0 Å². The van der Waals surface area contributed by atoms with Gasteiger partial charge in [0.1, 0.15) is 5.75 Å². The molecule has 0 aliphatic carbocycles. The van der Waals surface area contributed by atoms with E-state index in [1.165, 1.54) is 12.1 Å². The first-order valence-corrected chi connectivity index (χ1v) is 3.90. The van der Waals surface area contributed by atoms with Gasteiger partial charge in [-0.05, 0) is 48.7 Å². The Bertz CT molecular complexity index is 308. The molecule has 0 aliphatic heterocycles. The Hall–Kier alpha value is -1.02. The predicted molar refractivity (Wildman–Crippen MR) is 47.8 cm³/mol. The summed E-state index contributed by atoms with van der Waals surface area (Å²) in [5.74, 6) is 0.159. The zero-order valence-corrected chi connectivity index (χ0v) is 7.64. The highest BCUT2D eigenvalue weighted by Gasteiger charge is 2.10. The van der Waals surface area contributed by atoms with Crippen LogP contribution in [0.1, 0.15) is 21.5 Å². The molecule has 0 atom stereocenters. The maximum atomic E-state index is 10.9. The lowest BCUT2D eigenvalue weighted by Gasteiger charge is -2.05. The van der Waals surface area contributed by atoms with Gasteiger partial charge in [0, 0.05) is 5.56 Å². The molecule has 0 aliphatic rings. The van der Waals surface area contributed by atoms with Gasteiger partial charge in [0.25, 0.3) is 5.24 Å². The van der Waals surface area contributed by atoms with Crippen molar-refractivity contribution in [3.8, 4) is 5.75 Å². The lowest BCUT2D eigenvalue weighted by molar-refractivity contribution is 0.108. The molecule has 0 saturated carbocycles. The number of hydrogen-bond donors (Lipinski definition) is 1. The number of phenolic OH excluding ortho intramolecular Hbond substituents is 1. The largest absolute Gasteiger partial charge is 0.508 e. The van der Waals surface area contributed by atoms with Crippen molar-refractivity contribution in [1.29, 1.82) is 0 Å². The van der Waals surface area contributed by atoms with Gasteiger partial charge in [-0.3, -0.25) is 4.79 Å². The van der Waals surface area contributed by atoms with Crippen molar-refractivity contribution in [2.45, 2.75) is 13.8 Å². The third kappa shape index (κ3) is 1.59. The summed E-state index contributed by atoms with van der Waals surface area (Å²) in [5, 5.41) is 8.66. The van der Waals surface area contributed by atoms with Crippen LogP contribution in [0, 0.1) is 13.8 Å². The van der Waals surface area contributed by atoms with Gasteiger partial charge >= 0.3 is 0 Å². The van der Waals surface area contributed by atoms with E-state index in [2.05, 4.69) is 0 Å². The van der Waals surface area contributed by atoms with E-state index in [1.54, 1.807) is 13.8 Å². The van der Waals surface area contributed by atoms with Crippen LogP contribution in [0.15, 0.2) is 12.1 Å². The minimum Gasteiger partial charge on any atom is -0.508 e. The van der Waals surface area contributed by atoms with E-state index in [-0.39, 0.29) is 5.75 Å². The van der Waals surface area contributed by atoms with Crippen molar-refractivity contribution >= 4 is 16.8 Å². The quantitative estimate of drug-likeness (QED) is 0.681. The van der Waals surface area contributed by atoms with Crippen LogP contribution in [0.25, 0.3) is 0 Å². The van der Waals surface area contributed by atoms with Crippen LogP contribution in [-0.4, -0.2) is 10.3 Å². The number of aromatic hydroxyl groups is 1. The Kier molecular flexibility index (Phi) is 2.38. The summed E-state index contributed by atoms with van der Waals surface area (Å²) in [7, 11) is 0. The molecule has 1 rings (SSSR count). The van der Waals surface area contributed by atoms with Crippen molar-refractivity contribution in [2.75, 3.05) is 0 Å². The van der Waals surface area contributed by atoms with E-state index < -0.39 is 5.24 Å². The SMILES string of the molecule is Cc1cc(O)cc(C)c1C(=O)Cl. The predicted octanol–water partition coefficient (Wildman–Crippen LogP) is 2.39. The van der Waals surface area contributed by atoms with Crippen molar-refractivity contribution in [1.82, 2.24) is 0 Å². The third-order valence-corrected chi connectivity index (χ3v) is 1.90. The summed E-state index contributed by atoms with van der Waals surface area (Å²) in [6.45, 7) is 3.48. The molecule has 64 valence electrons. The molecule has 3 heteroatoms. The fourth-order valence-electron chi connectivity index (χ4n) is 1.25. The van der Waals surface area contributed by atoms with E-state index in [0.29, 0.717) is 16.7 Å². The summed E-state index contributed by atoms with van der Waals surface area (Å²) in [6.07, 6.45) is 0. The number of rotatable bonds is 1. The fraction of sp³-hybridized carbons (Fsp3) is 0.222. The Balaban J connectivity index is 3.38. The molecule has 0 fully saturated rings. The average Bonchev–Trinajstić information content (AvgIpc) is 1.82. The molecule has 0 heterocycles. The number of phenols is 1. The Morgan fingerprint density at radius 1 is 1.33 bits per heavy atom. The molecule has 0 saturated heterocycles. The van der Waals surface area contributed by atoms with Crippen LogP contribution >= 0.6 is 11.6 Å². The summed E-state index contributed by atoms with van der Waals surface area (Å²) in [5.41, 5.74) is 1.88. The van der Waals surface area contributed by atoms with E-state index in [0.717, 1.165) is 0 Å². The Morgan fingerprint density at radius 3 is 2.08 bits per heavy atom. The standard InChI is InChI=1S/C9H9ClO2/c1-5-3-7(11)4-6(2)8(5)9(10)12/h3-4,11H,1-2H3. The molecule has 1 N–H and O–H groups in total. The lowest BCUT2D eigenvalue weighted by atomic mass is 10.0. The zero-order valence-electron chi connectivity index (χ0n) is 6.89. The smallest absolute Gasteiger partial charge is 0.252 e. The van der Waals surface area contributed by atoms with Crippen LogP contribution in [0.3, 0.4) is 0 Å². The van der Waals surface area contributed by atoms with Crippen molar-refractivity contribution in [3.63, 3.8) is 0 Å². The number of aryl methyl sites for hydroxylation is 2. The molecule has 0 bridgehead atoms. The maximum absolute atomic E-state index is 10.9. The number of carbonyl (C=O) groups is 1. The fourth-order valence-corrected chi connectivity index (χ4v) is 1.55. The highest BCUT2D eigenvalue weighted by molar-refractivity contribution is 6.68. The summed E-state index contributed by atoms with van der Waals surface area (Å²) in [6, 6.07) is 3.03. The molecular weight excluding hydrogens is 176 g/mol. The topological polar surface area (TPSA) is 37.3 Å². The maximum Gasteiger partial charge on any atom is 0.252 e. The monoisotopic (exact) mass is 184 g/mol. The van der Waals surface area contributed by atoms with Gasteiger partial charge in [0.05, 0.1) is 0 Å². The van der Waals surface area contributed by atoms with Gasteiger partial charge in [0.15, 0.2) is 0 Å². The zero-order chi connectivity index (χ0) is 9.30. The molecule has 0 aromatic heterocycles. The normalized spacial score (nSPS) is 9.92. The van der Waals surface area contributed by atoms with Crippen molar-refractivity contribution in [2.24, 2.45) is 0 Å². The highest BCUT2D eigenvalue weighted by atomic mass is 35.5. The Labute approximate surface area is 75.8 Å². The molecule has 0 unspecified atom stereocenters. The van der Waals surface area contributed by atoms with Gasteiger partial charge in [-0.2, -0.15) is 0 Å². The first-order chi connectivity index (χ1) is 5.52. The molecule has 0 radical (unpaired) electrons. The van der Waals surface area contributed by atoms with Crippen LogP contribution in [-0.2, 0) is 0 Å². The minimum absolute atomic E-state index is 0.159. The minimum atomic E-state index is -0.481. The van der Waals surface area contributed by atoms with Crippen LogP contribution < -0.4 is 0 Å². The van der Waals surface area contributed by atoms with Crippen molar-refractivity contribution in [3.05, 3.63) is 28.8 Å². The second kappa shape index (κ2) is 3.15. The van der Waals surface area contributed by atoms with E-state index in [4.69, 9.17) is 16.7 Å². The van der Waals surface area contributed by atoms with Gasteiger partial charge in [-0.1, -0.05) is 0 Å². The lowest BCUT2D eigenvalue weighted by Crippen LogP contribution is -1.96. The van der Waals surface area contributed by atoms with E-state index in [9.17, 15) is 4.79 Å². The molecule has 1 aromatic rings.